The van der Waals surface area contributed by atoms with Crippen molar-refractivity contribution >= 4 is 27.1 Å². The van der Waals surface area contributed by atoms with Crippen molar-refractivity contribution in [1.29, 1.82) is 0 Å². The predicted octanol–water partition coefficient (Wildman–Crippen LogP) is 4.28. The van der Waals surface area contributed by atoms with E-state index in [0.29, 0.717) is 6.54 Å². The Morgan fingerprint density at radius 2 is 1.78 bits per heavy atom. The Bertz CT molecular complexity index is 884. The number of aryl methyl sites for hydroxylation is 2. The molecule has 148 valence electrons. The normalized spacial score (nSPS) is 13.4. The Morgan fingerprint density at radius 3 is 2.26 bits per heavy atom. The molecule has 0 aliphatic carbocycles. The van der Waals surface area contributed by atoms with Crippen LogP contribution in [-0.4, -0.2) is 19.6 Å². The SMILES string of the molecule is Cc1cc(C(C)(C)C)cc(C)c1CS(=O)(=O)C(C)C(=O)NCc1cccs1. The highest BCUT2D eigenvalue weighted by molar-refractivity contribution is 7.92. The smallest absolute Gasteiger partial charge is 0.238 e. The molecule has 0 aliphatic heterocycles. The number of sulfone groups is 1. The fourth-order valence-corrected chi connectivity index (χ4v) is 5.04. The maximum Gasteiger partial charge on any atom is 0.238 e. The summed E-state index contributed by atoms with van der Waals surface area (Å²) in [5.74, 6) is -0.576. The monoisotopic (exact) mass is 407 g/mol. The molecule has 1 aromatic carbocycles. The average molecular weight is 408 g/mol. The quantitative estimate of drug-likeness (QED) is 0.777. The van der Waals surface area contributed by atoms with Crippen molar-refractivity contribution in [3.05, 3.63) is 56.8 Å². The third-order valence-corrected chi connectivity index (χ3v) is 7.69. The van der Waals surface area contributed by atoms with Crippen molar-refractivity contribution in [2.75, 3.05) is 0 Å². The third kappa shape index (κ3) is 5.42. The minimum Gasteiger partial charge on any atom is -0.350 e. The number of carbonyl (C=O) groups excluding carboxylic acids is 1. The van der Waals surface area contributed by atoms with Crippen molar-refractivity contribution < 1.29 is 13.2 Å². The summed E-state index contributed by atoms with van der Waals surface area (Å²) in [6, 6.07) is 7.92. The van der Waals surface area contributed by atoms with Crippen LogP contribution in [0.5, 0.6) is 0 Å². The van der Waals surface area contributed by atoms with Crippen LogP contribution in [0.1, 0.15) is 54.8 Å². The molecule has 2 aromatic rings. The Kier molecular flexibility index (Phi) is 6.53. The summed E-state index contributed by atoms with van der Waals surface area (Å²) in [4.78, 5) is 13.3. The first-order chi connectivity index (χ1) is 12.4. The topological polar surface area (TPSA) is 63.2 Å². The molecule has 1 atom stereocenters. The van der Waals surface area contributed by atoms with Gasteiger partial charge in [0.1, 0.15) is 5.25 Å². The molecular formula is C21H29NO3S2. The van der Waals surface area contributed by atoms with E-state index in [0.717, 1.165) is 21.6 Å². The summed E-state index contributed by atoms with van der Waals surface area (Å²) in [5.41, 5.74) is 3.88. The van der Waals surface area contributed by atoms with E-state index >= 15 is 0 Å². The molecule has 0 saturated carbocycles. The molecule has 4 nitrogen and oxygen atoms in total. The first-order valence-corrected chi connectivity index (χ1v) is 11.6. The molecule has 0 spiro atoms. The maximum absolute atomic E-state index is 12.8. The van der Waals surface area contributed by atoms with Crippen LogP contribution in [0.2, 0.25) is 0 Å². The number of rotatable bonds is 6. The van der Waals surface area contributed by atoms with E-state index in [1.54, 1.807) is 0 Å². The van der Waals surface area contributed by atoms with Crippen molar-refractivity contribution in [3.8, 4) is 0 Å². The van der Waals surface area contributed by atoms with E-state index in [-0.39, 0.29) is 11.2 Å². The van der Waals surface area contributed by atoms with Gasteiger partial charge in [-0.25, -0.2) is 8.42 Å². The molecule has 1 heterocycles. The second kappa shape index (κ2) is 8.15. The lowest BCUT2D eigenvalue weighted by molar-refractivity contribution is -0.120. The molecule has 0 radical (unpaired) electrons. The zero-order chi connectivity index (χ0) is 20.4. The van der Waals surface area contributed by atoms with Crippen molar-refractivity contribution in [3.63, 3.8) is 0 Å². The molecule has 6 heteroatoms. The summed E-state index contributed by atoms with van der Waals surface area (Å²) < 4.78 is 25.7. The Hall–Kier alpha value is -1.66. The van der Waals surface area contributed by atoms with E-state index in [9.17, 15) is 13.2 Å². The summed E-state index contributed by atoms with van der Waals surface area (Å²) in [6.07, 6.45) is 0. The zero-order valence-corrected chi connectivity index (χ0v) is 18.6. The van der Waals surface area contributed by atoms with Gasteiger partial charge in [0.05, 0.1) is 12.3 Å². The van der Waals surface area contributed by atoms with Crippen LogP contribution in [0.25, 0.3) is 0 Å². The zero-order valence-electron chi connectivity index (χ0n) is 16.9. The van der Waals surface area contributed by atoms with Gasteiger partial charge in [-0.05, 0) is 59.9 Å². The van der Waals surface area contributed by atoms with Gasteiger partial charge in [0.25, 0.3) is 0 Å². The van der Waals surface area contributed by atoms with Crippen LogP contribution in [0.4, 0.5) is 0 Å². The summed E-state index contributed by atoms with van der Waals surface area (Å²) >= 11 is 1.53. The molecule has 27 heavy (non-hydrogen) atoms. The van der Waals surface area contributed by atoms with Crippen LogP contribution >= 0.6 is 11.3 Å². The highest BCUT2D eigenvalue weighted by Crippen LogP contribution is 2.28. The largest absolute Gasteiger partial charge is 0.350 e. The molecule has 2 rings (SSSR count). The van der Waals surface area contributed by atoms with Gasteiger partial charge in [-0.15, -0.1) is 11.3 Å². The fourth-order valence-electron chi connectivity index (χ4n) is 2.87. The molecule has 0 saturated heterocycles. The van der Waals surface area contributed by atoms with Gasteiger partial charge in [0.2, 0.25) is 5.91 Å². The third-order valence-electron chi connectivity index (χ3n) is 4.83. The van der Waals surface area contributed by atoms with Crippen LogP contribution in [0, 0.1) is 13.8 Å². The van der Waals surface area contributed by atoms with Crippen molar-refractivity contribution in [2.45, 2.75) is 64.5 Å². The Morgan fingerprint density at radius 1 is 1.19 bits per heavy atom. The number of hydrogen-bond acceptors (Lipinski definition) is 4. The Labute approximate surface area is 166 Å². The lowest BCUT2D eigenvalue weighted by Gasteiger charge is -2.23. The predicted molar refractivity (Wildman–Crippen MR) is 113 cm³/mol. The molecule has 1 unspecified atom stereocenters. The van der Waals surface area contributed by atoms with E-state index in [1.807, 2.05) is 31.4 Å². The number of amides is 1. The first-order valence-electron chi connectivity index (χ1n) is 9.04. The van der Waals surface area contributed by atoms with Crippen LogP contribution in [-0.2, 0) is 32.3 Å². The highest BCUT2D eigenvalue weighted by Gasteiger charge is 2.29. The minimum atomic E-state index is -3.61. The number of thiophene rings is 1. The van der Waals surface area contributed by atoms with Gasteiger partial charge in [-0.3, -0.25) is 4.79 Å². The molecule has 0 aliphatic rings. The van der Waals surface area contributed by atoms with E-state index in [2.05, 4.69) is 38.2 Å². The fraction of sp³-hybridized carbons (Fsp3) is 0.476. The van der Waals surface area contributed by atoms with Gasteiger partial charge >= 0.3 is 0 Å². The number of hydrogen-bond donors (Lipinski definition) is 1. The summed E-state index contributed by atoms with van der Waals surface area (Å²) in [5, 5.41) is 3.57. The summed E-state index contributed by atoms with van der Waals surface area (Å²) in [7, 11) is -3.61. The first kappa shape index (κ1) is 21.6. The molecule has 0 bridgehead atoms. The van der Waals surface area contributed by atoms with Gasteiger partial charge in [-0.1, -0.05) is 39.0 Å². The molecule has 1 N–H and O–H groups in total. The number of carbonyl (C=O) groups is 1. The van der Waals surface area contributed by atoms with E-state index < -0.39 is 21.0 Å². The lowest BCUT2D eigenvalue weighted by Crippen LogP contribution is -2.38. The van der Waals surface area contributed by atoms with Crippen LogP contribution < -0.4 is 5.32 Å². The maximum atomic E-state index is 12.8. The molecule has 0 fully saturated rings. The van der Waals surface area contributed by atoms with Gasteiger partial charge in [-0.2, -0.15) is 0 Å². The second-order valence-electron chi connectivity index (χ2n) is 8.09. The van der Waals surface area contributed by atoms with Crippen molar-refractivity contribution in [1.82, 2.24) is 5.32 Å². The number of benzene rings is 1. The van der Waals surface area contributed by atoms with E-state index in [1.165, 1.54) is 23.8 Å². The van der Waals surface area contributed by atoms with Gasteiger partial charge in [0, 0.05) is 4.88 Å². The minimum absolute atomic E-state index is 0.00188. The Balaban J connectivity index is 2.16. The van der Waals surface area contributed by atoms with Crippen molar-refractivity contribution in [2.24, 2.45) is 0 Å². The summed E-state index contributed by atoms with van der Waals surface area (Å²) in [6.45, 7) is 12.1. The molecule has 1 amide bonds. The standard InChI is InChI=1S/C21H29NO3S2/c1-14-10-17(21(4,5)6)11-15(2)19(14)13-27(24,25)16(3)20(23)22-12-18-8-7-9-26-18/h7-11,16H,12-13H2,1-6H3,(H,22,23). The lowest BCUT2D eigenvalue weighted by atomic mass is 9.84. The second-order valence-corrected chi connectivity index (χ2v) is 11.4. The van der Waals surface area contributed by atoms with E-state index in [4.69, 9.17) is 0 Å². The molecular weight excluding hydrogens is 378 g/mol. The van der Waals surface area contributed by atoms with Gasteiger partial charge in [0.15, 0.2) is 9.84 Å². The van der Waals surface area contributed by atoms with Gasteiger partial charge < -0.3 is 5.32 Å². The number of nitrogens with one attached hydrogen (secondary N) is 1. The van der Waals surface area contributed by atoms with Crippen LogP contribution in [0.15, 0.2) is 29.6 Å². The van der Waals surface area contributed by atoms with Crippen LogP contribution in [0.3, 0.4) is 0 Å². The highest BCUT2D eigenvalue weighted by atomic mass is 32.2. The molecule has 1 aromatic heterocycles. The average Bonchev–Trinajstić information content (AvgIpc) is 3.07.